The van der Waals surface area contributed by atoms with Crippen molar-refractivity contribution >= 4 is 12.0 Å². The average Bonchev–Trinajstić information content (AvgIpc) is 3.01. The molecule has 2 fully saturated rings. The van der Waals surface area contributed by atoms with Crippen LogP contribution in [0, 0.1) is 17.6 Å². The average molecular weight is 309 g/mol. The van der Waals surface area contributed by atoms with E-state index in [1.807, 2.05) is 0 Å². The molecule has 1 aromatic carbocycles. The SMILES string of the molecule is CC(C)(C)OC(=O)N1C[C@]2(c3cc(F)cc(F)c3)C[C@H]2C1=O. The van der Waals surface area contributed by atoms with Gasteiger partial charge in [0.15, 0.2) is 0 Å². The summed E-state index contributed by atoms with van der Waals surface area (Å²) in [5.74, 6) is -2.10. The topological polar surface area (TPSA) is 46.6 Å². The van der Waals surface area contributed by atoms with Crippen molar-refractivity contribution in [3.63, 3.8) is 0 Å². The Morgan fingerprint density at radius 1 is 1.27 bits per heavy atom. The molecule has 0 bridgehead atoms. The molecule has 0 spiro atoms. The van der Waals surface area contributed by atoms with Crippen molar-refractivity contribution in [1.29, 1.82) is 0 Å². The fraction of sp³-hybridized carbons (Fsp3) is 0.500. The van der Waals surface area contributed by atoms with Crippen molar-refractivity contribution in [2.24, 2.45) is 5.92 Å². The number of ether oxygens (including phenoxy) is 1. The lowest BCUT2D eigenvalue weighted by molar-refractivity contribution is -0.129. The minimum absolute atomic E-state index is 0.105. The van der Waals surface area contributed by atoms with E-state index in [4.69, 9.17) is 4.74 Å². The molecule has 22 heavy (non-hydrogen) atoms. The van der Waals surface area contributed by atoms with Gasteiger partial charge < -0.3 is 4.74 Å². The maximum atomic E-state index is 13.4. The molecule has 6 heteroatoms. The highest BCUT2D eigenvalue weighted by Crippen LogP contribution is 2.59. The maximum absolute atomic E-state index is 13.4. The van der Waals surface area contributed by atoms with Gasteiger partial charge in [-0.05, 0) is 44.9 Å². The van der Waals surface area contributed by atoms with Crippen molar-refractivity contribution in [1.82, 2.24) is 4.90 Å². The van der Waals surface area contributed by atoms with Gasteiger partial charge in [-0.15, -0.1) is 0 Å². The molecule has 2 atom stereocenters. The van der Waals surface area contributed by atoms with Crippen molar-refractivity contribution in [3.05, 3.63) is 35.4 Å². The van der Waals surface area contributed by atoms with Gasteiger partial charge >= 0.3 is 6.09 Å². The molecule has 1 saturated heterocycles. The molecular weight excluding hydrogens is 292 g/mol. The van der Waals surface area contributed by atoms with Crippen LogP contribution in [-0.2, 0) is 14.9 Å². The van der Waals surface area contributed by atoms with Crippen molar-refractivity contribution < 1.29 is 23.1 Å². The zero-order valence-electron chi connectivity index (χ0n) is 12.7. The number of amides is 2. The van der Waals surface area contributed by atoms with Crippen LogP contribution in [0.1, 0.15) is 32.8 Å². The Morgan fingerprint density at radius 2 is 1.86 bits per heavy atom. The van der Waals surface area contributed by atoms with Crippen molar-refractivity contribution in [2.45, 2.75) is 38.2 Å². The highest BCUT2D eigenvalue weighted by Gasteiger charge is 2.67. The molecule has 0 N–H and O–H groups in total. The monoisotopic (exact) mass is 309 g/mol. The molecule has 1 aliphatic heterocycles. The van der Waals surface area contributed by atoms with E-state index in [0.717, 1.165) is 11.0 Å². The normalized spacial score (nSPS) is 26.9. The number of nitrogens with zero attached hydrogens (tertiary/aromatic N) is 1. The van der Waals surface area contributed by atoms with E-state index >= 15 is 0 Å². The number of likely N-dealkylation sites (tertiary alicyclic amines) is 1. The molecule has 118 valence electrons. The van der Waals surface area contributed by atoms with Crippen LogP contribution in [0.3, 0.4) is 0 Å². The number of hydrogen-bond donors (Lipinski definition) is 0. The fourth-order valence-corrected chi connectivity index (χ4v) is 3.08. The molecule has 3 rings (SSSR count). The number of imide groups is 1. The van der Waals surface area contributed by atoms with Gasteiger partial charge in [0.2, 0.25) is 5.91 Å². The van der Waals surface area contributed by atoms with Gasteiger partial charge in [-0.3, -0.25) is 4.79 Å². The van der Waals surface area contributed by atoms with Gasteiger partial charge in [0.1, 0.15) is 17.2 Å². The van der Waals surface area contributed by atoms with Gasteiger partial charge in [-0.25, -0.2) is 18.5 Å². The fourth-order valence-electron chi connectivity index (χ4n) is 3.08. The Morgan fingerprint density at radius 3 is 2.41 bits per heavy atom. The van der Waals surface area contributed by atoms with Crippen molar-refractivity contribution in [3.8, 4) is 0 Å². The molecule has 0 radical (unpaired) electrons. The Hall–Kier alpha value is -1.98. The van der Waals surface area contributed by atoms with Gasteiger partial charge in [-0.2, -0.15) is 0 Å². The lowest BCUT2D eigenvalue weighted by atomic mass is 9.95. The van der Waals surface area contributed by atoms with Crippen LogP contribution in [0.25, 0.3) is 0 Å². The lowest BCUT2D eigenvalue weighted by Crippen LogP contribution is -2.40. The minimum Gasteiger partial charge on any atom is -0.443 e. The number of fused-ring (bicyclic) bond motifs is 1. The highest BCUT2D eigenvalue weighted by molar-refractivity contribution is 5.99. The van der Waals surface area contributed by atoms with E-state index in [2.05, 4.69) is 0 Å². The number of piperidine rings is 1. The molecule has 2 amide bonds. The summed E-state index contributed by atoms with van der Waals surface area (Å²) >= 11 is 0. The zero-order chi connectivity index (χ0) is 16.3. The van der Waals surface area contributed by atoms with Crippen LogP contribution >= 0.6 is 0 Å². The Bertz CT molecular complexity index is 648. The predicted molar refractivity (Wildman–Crippen MR) is 74.1 cm³/mol. The molecular formula is C16H17F2NO3. The zero-order valence-corrected chi connectivity index (χ0v) is 12.7. The Labute approximate surface area is 127 Å². The first kappa shape index (κ1) is 14.9. The standard InChI is InChI=1S/C16H17F2NO3/c1-15(2,3)22-14(21)19-8-16(7-12(16)13(19)20)9-4-10(17)6-11(18)5-9/h4-6,12H,7-8H2,1-3H3/t12-,16-/m0/s1. The van der Waals surface area contributed by atoms with E-state index in [9.17, 15) is 18.4 Å². The molecule has 1 aliphatic carbocycles. The number of hydrogen-bond acceptors (Lipinski definition) is 3. The molecule has 0 aromatic heterocycles. The summed E-state index contributed by atoms with van der Waals surface area (Å²) in [5.41, 5.74) is -0.950. The third-order valence-corrected chi connectivity index (χ3v) is 4.13. The summed E-state index contributed by atoms with van der Waals surface area (Å²) in [6, 6.07) is 3.25. The predicted octanol–water partition coefficient (Wildman–Crippen LogP) is 3.00. The number of rotatable bonds is 1. The first-order valence-corrected chi connectivity index (χ1v) is 7.13. The third kappa shape index (κ3) is 2.36. The van der Waals surface area contributed by atoms with Crippen LogP contribution in [0.5, 0.6) is 0 Å². The second kappa shape index (κ2) is 4.51. The molecule has 1 heterocycles. The second-order valence-corrected chi connectivity index (χ2v) is 6.98. The largest absolute Gasteiger partial charge is 0.443 e. The number of carbonyl (C=O) groups excluding carboxylic acids is 2. The molecule has 4 nitrogen and oxygen atoms in total. The quantitative estimate of drug-likeness (QED) is 0.801. The Balaban J connectivity index is 1.85. The summed E-state index contributed by atoms with van der Waals surface area (Å²) < 4.78 is 32.0. The molecule has 0 unspecified atom stereocenters. The first-order chi connectivity index (χ1) is 10.1. The van der Waals surface area contributed by atoms with Gasteiger partial charge in [-0.1, -0.05) is 0 Å². The van der Waals surface area contributed by atoms with Crippen LogP contribution < -0.4 is 0 Å². The van der Waals surface area contributed by atoms with Crippen LogP contribution in [0.15, 0.2) is 18.2 Å². The van der Waals surface area contributed by atoms with E-state index in [1.165, 1.54) is 12.1 Å². The van der Waals surface area contributed by atoms with E-state index in [0.29, 0.717) is 12.0 Å². The number of benzene rings is 1. The highest BCUT2D eigenvalue weighted by atomic mass is 19.1. The van der Waals surface area contributed by atoms with E-state index in [-0.39, 0.29) is 12.5 Å². The maximum Gasteiger partial charge on any atom is 0.417 e. The van der Waals surface area contributed by atoms with Gasteiger partial charge in [0.05, 0.1) is 5.92 Å². The summed E-state index contributed by atoms with van der Waals surface area (Å²) in [7, 11) is 0. The van der Waals surface area contributed by atoms with Crippen LogP contribution in [0.4, 0.5) is 13.6 Å². The summed E-state index contributed by atoms with van der Waals surface area (Å²) in [6.07, 6.45) is -0.199. The van der Waals surface area contributed by atoms with Crippen LogP contribution in [0.2, 0.25) is 0 Å². The molecule has 1 aromatic rings. The summed E-state index contributed by atoms with van der Waals surface area (Å²) in [4.78, 5) is 25.4. The lowest BCUT2D eigenvalue weighted by Gasteiger charge is -2.25. The van der Waals surface area contributed by atoms with Crippen LogP contribution in [-0.4, -0.2) is 29.0 Å². The van der Waals surface area contributed by atoms with E-state index < -0.39 is 34.7 Å². The van der Waals surface area contributed by atoms with Crippen molar-refractivity contribution in [2.75, 3.05) is 6.54 Å². The number of carbonyl (C=O) groups is 2. The molecule has 2 aliphatic rings. The van der Waals surface area contributed by atoms with Gasteiger partial charge in [0, 0.05) is 18.0 Å². The Kier molecular flexibility index (Phi) is 3.06. The second-order valence-electron chi connectivity index (χ2n) is 6.98. The minimum atomic E-state index is -0.707. The molecule has 1 saturated carbocycles. The van der Waals surface area contributed by atoms with E-state index in [1.54, 1.807) is 20.8 Å². The summed E-state index contributed by atoms with van der Waals surface area (Å²) in [6.45, 7) is 5.24. The third-order valence-electron chi connectivity index (χ3n) is 4.13. The van der Waals surface area contributed by atoms with Gasteiger partial charge in [0.25, 0.3) is 0 Å². The summed E-state index contributed by atoms with van der Waals surface area (Å²) in [5, 5.41) is 0. The smallest absolute Gasteiger partial charge is 0.417 e. The number of halogens is 2. The first-order valence-electron chi connectivity index (χ1n) is 7.13.